The Labute approximate surface area is 81.1 Å². The van der Waals surface area contributed by atoms with Gasteiger partial charge >= 0.3 is 0 Å². The van der Waals surface area contributed by atoms with Crippen molar-refractivity contribution in [3.8, 4) is 0 Å². The van der Waals surface area contributed by atoms with Gasteiger partial charge in [0, 0.05) is 12.1 Å². The Morgan fingerprint density at radius 2 is 2.00 bits per heavy atom. The van der Waals surface area contributed by atoms with E-state index in [-0.39, 0.29) is 6.10 Å². The molecule has 2 N–H and O–H groups in total. The van der Waals surface area contributed by atoms with Gasteiger partial charge in [0.05, 0.1) is 6.10 Å². The van der Waals surface area contributed by atoms with Crippen LogP contribution in [0.2, 0.25) is 0 Å². The molecule has 78 valence electrons. The maximum Gasteiger partial charge on any atom is 0.0639 e. The summed E-state index contributed by atoms with van der Waals surface area (Å²) >= 11 is 0. The highest BCUT2D eigenvalue weighted by Crippen LogP contribution is 2.20. The lowest BCUT2D eigenvalue weighted by Crippen LogP contribution is -2.51. The summed E-state index contributed by atoms with van der Waals surface area (Å²) in [5, 5.41) is 12.6. The quantitative estimate of drug-likeness (QED) is 0.671. The second-order valence-corrected chi connectivity index (χ2v) is 4.46. The molecule has 0 spiro atoms. The summed E-state index contributed by atoms with van der Waals surface area (Å²) < 4.78 is 0. The zero-order valence-electron chi connectivity index (χ0n) is 9.01. The first-order valence-corrected chi connectivity index (χ1v) is 5.15. The predicted octanol–water partition coefficient (Wildman–Crippen LogP) is 0.441. The van der Waals surface area contributed by atoms with Crippen LogP contribution in [0.5, 0.6) is 0 Å². The largest absolute Gasteiger partial charge is 0.392 e. The van der Waals surface area contributed by atoms with Crippen LogP contribution in [0.3, 0.4) is 0 Å². The number of nitrogens with one attached hydrogen (secondary N) is 1. The van der Waals surface area contributed by atoms with Crippen molar-refractivity contribution in [2.75, 3.05) is 26.7 Å². The Bertz CT molecular complexity index is 151. The van der Waals surface area contributed by atoms with Crippen LogP contribution >= 0.6 is 0 Å². The summed E-state index contributed by atoms with van der Waals surface area (Å²) in [5.74, 6) is 0. The molecule has 1 aliphatic heterocycles. The van der Waals surface area contributed by atoms with Crippen LogP contribution in [0.1, 0.15) is 26.7 Å². The van der Waals surface area contributed by atoms with Crippen LogP contribution in [0.25, 0.3) is 0 Å². The minimum absolute atomic E-state index is 0.195. The van der Waals surface area contributed by atoms with Gasteiger partial charge in [-0.15, -0.1) is 0 Å². The van der Waals surface area contributed by atoms with Gasteiger partial charge < -0.3 is 15.3 Å². The van der Waals surface area contributed by atoms with Crippen LogP contribution in [0.15, 0.2) is 0 Å². The lowest BCUT2D eigenvalue weighted by atomic mass is 9.90. The highest BCUT2D eigenvalue weighted by Gasteiger charge is 2.28. The van der Waals surface area contributed by atoms with E-state index in [1.54, 1.807) is 0 Å². The molecule has 0 aromatic carbocycles. The number of β-amino-alcohol motifs (C(OH)–C–C–N with tert-alkyl or cyclic N) is 1. The van der Waals surface area contributed by atoms with Crippen molar-refractivity contribution in [2.24, 2.45) is 0 Å². The third-order valence-corrected chi connectivity index (χ3v) is 3.09. The first kappa shape index (κ1) is 11.0. The number of nitrogens with zero attached hydrogens (tertiary/aromatic N) is 1. The molecule has 0 saturated carbocycles. The summed E-state index contributed by atoms with van der Waals surface area (Å²) in [7, 11) is 2.03. The van der Waals surface area contributed by atoms with E-state index in [1.165, 1.54) is 12.8 Å². The molecule has 0 amide bonds. The van der Waals surface area contributed by atoms with Gasteiger partial charge in [-0.1, -0.05) is 0 Å². The summed E-state index contributed by atoms with van der Waals surface area (Å²) in [6.07, 6.45) is 2.16. The molecule has 13 heavy (non-hydrogen) atoms. The van der Waals surface area contributed by atoms with Crippen molar-refractivity contribution < 1.29 is 5.11 Å². The number of likely N-dealkylation sites (tertiary alicyclic amines) is 1. The average molecular weight is 186 g/mol. The number of aliphatic hydroxyl groups excluding tert-OH is 1. The number of aliphatic hydroxyl groups is 1. The number of piperidine rings is 1. The Morgan fingerprint density at radius 1 is 1.46 bits per heavy atom. The highest BCUT2D eigenvalue weighted by atomic mass is 16.3. The molecule has 1 heterocycles. The number of rotatable bonds is 3. The molecule has 1 rings (SSSR count). The smallest absolute Gasteiger partial charge is 0.0639 e. The summed E-state index contributed by atoms with van der Waals surface area (Å²) in [6.45, 7) is 7.14. The molecular formula is C10H22N2O. The lowest BCUT2D eigenvalue weighted by Gasteiger charge is -2.39. The van der Waals surface area contributed by atoms with Crippen LogP contribution in [0.4, 0.5) is 0 Å². The van der Waals surface area contributed by atoms with Crippen molar-refractivity contribution >= 4 is 0 Å². The standard InChI is InChI=1S/C10H22N2O/c1-9(13)8-12-6-4-10(2,11-3)5-7-12/h9,11,13H,4-8H2,1-3H3/t9-/m1/s1. The lowest BCUT2D eigenvalue weighted by molar-refractivity contribution is 0.0887. The summed E-state index contributed by atoms with van der Waals surface area (Å²) in [4.78, 5) is 2.34. The van der Waals surface area contributed by atoms with Gasteiger partial charge in [-0.2, -0.15) is 0 Å². The molecule has 0 unspecified atom stereocenters. The Kier molecular flexibility index (Phi) is 3.71. The van der Waals surface area contributed by atoms with Gasteiger partial charge in [-0.25, -0.2) is 0 Å². The van der Waals surface area contributed by atoms with E-state index in [0.29, 0.717) is 5.54 Å². The molecule has 0 aromatic rings. The first-order chi connectivity index (χ1) is 6.06. The minimum atomic E-state index is -0.195. The van der Waals surface area contributed by atoms with Crippen molar-refractivity contribution in [1.82, 2.24) is 10.2 Å². The molecule has 0 aromatic heterocycles. The molecular weight excluding hydrogens is 164 g/mol. The van der Waals surface area contributed by atoms with E-state index < -0.39 is 0 Å². The van der Waals surface area contributed by atoms with Gasteiger partial charge in [-0.05, 0) is 46.8 Å². The van der Waals surface area contributed by atoms with Crippen LogP contribution in [-0.2, 0) is 0 Å². The monoisotopic (exact) mass is 186 g/mol. The SMILES string of the molecule is CNC1(C)CCN(C[C@@H](C)O)CC1. The third-order valence-electron chi connectivity index (χ3n) is 3.09. The number of hydrogen-bond donors (Lipinski definition) is 2. The predicted molar refractivity (Wildman–Crippen MR) is 54.8 cm³/mol. The van der Waals surface area contributed by atoms with Gasteiger partial charge in [0.15, 0.2) is 0 Å². The summed E-state index contributed by atoms with van der Waals surface area (Å²) in [6, 6.07) is 0. The first-order valence-electron chi connectivity index (χ1n) is 5.15. The maximum absolute atomic E-state index is 9.23. The summed E-state index contributed by atoms with van der Waals surface area (Å²) in [5.41, 5.74) is 0.315. The molecule has 1 aliphatic rings. The minimum Gasteiger partial charge on any atom is -0.392 e. The molecule has 1 saturated heterocycles. The number of hydrogen-bond acceptors (Lipinski definition) is 3. The Morgan fingerprint density at radius 3 is 2.38 bits per heavy atom. The molecule has 3 nitrogen and oxygen atoms in total. The Balaban J connectivity index is 2.30. The molecule has 1 fully saturated rings. The molecule has 0 aliphatic carbocycles. The Hall–Kier alpha value is -0.120. The van der Waals surface area contributed by atoms with E-state index in [0.717, 1.165) is 19.6 Å². The third kappa shape index (κ3) is 3.25. The fourth-order valence-corrected chi connectivity index (χ4v) is 1.85. The van der Waals surface area contributed by atoms with E-state index >= 15 is 0 Å². The zero-order chi connectivity index (χ0) is 9.90. The van der Waals surface area contributed by atoms with Gasteiger partial charge in [-0.3, -0.25) is 0 Å². The normalized spacial score (nSPS) is 25.8. The second-order valence-electron chi connectivity index (χ2n) is 4.46. The molecule has 3 heteroatoms. The van der Waals surface area contributed by atoms with E-state index in [2.05, 4.69) is 17.1 Å². The van der Waals surface area contributed by atoms with Crippen molar-refractivity contribution in [3.63, 3.8) is 0 Å². The molecule has 0 bridgehead atoms. The van der Waals surface area contributed by atoms with E-state index in [1.807, 2.05) is 14.0 Å². The van der Waals surface area contributed by atoms with Gasteiger partial charge in [0.1, 0.15) is 0 Å². The fraction of sp³-hybridized carbons (Fsp3) is 1.00. The second kappa shape index (κ2) is 4.40. The molecule has 0 radical (unpaired) electrons. The van der Waals surface area contributed by atoms with Crippen LogP contribution in [0, 0.1) is 0 Å². The maximum atomic E-state index is 9.23. The van der Waals surface area contributed by atoms with Crippen molar-refractivity contribution in [1.29, 1.82) is 0 Å². The zero-order valence-corrected chi connectivity index (χ0v) is 9.01. The topological polar surface area (TPSA) is 35.5 Å². The van der Waals surface area contributed by atoms with E-state index in [9.17, 15) is 5.11 Å². The average Bonchev–Trinajstić information content (AvgIpc) is 2.09. The van der Waals surface area contributed by atoms with Crippen molar-refractivity contribution in [3.05, 3.63) is 0 Å². The van der Waals surface area contributed by atoms with Crippen molar-refractivity contribution in [2.45, 2.75) is 38.3 Å². The highest BCUT2D eigenvalue weighted by molar-refractivity contribution is 4.88. The fourth-order valence-electron chi connectivity index (χ4n) is 1.85. The molecule has 1 atom stereocenters. The van der Waals surface area contributed by atoms with Crippen LogP contribution < -0.4 is 5.32 Å². The van der Waals surface area contributed by atoms with E-state index in [4.69, 9.17) is 0 Å². The van der Waals surface area contributed by atoms with Crippen LogP contribution in [-0.4, -0.2) is 48.3 Å². The van der Waals surface area contributed by atoms with Gasteiger partial charge in [0.2, 0.25) is 0 Å². The van der Waals surface area contributed by atoms with Gasteiger partial charge in [0.25, 0.3) is 0 Å².